The first-order valence-corrected chi connectivity index (χ1v) is 9.79. The number of Topliss-reactive ketones (excluding diaryl/α,β-unsaturated/α-hetero) is 1. The van der Waals surface area contributed by atoms with Gasteiger partial charge in [-0.05, 0) is 58.3 Å². The number of nitrogens with zero attached hydrogens (tertiary/aromatic N) is 1. The number of hydrogen-bond donors (Lipinski definition) is 2. The number of ether oxygens (including phenoxy) is 1. The van der Waals surface area contributed by atoms with Crippen molar-refractivity contribution in [3.8, 4) is 5.75 Å². The Morgan fingerprint density at radius 1 is 1.21 bits per heavy atom. The molecule has 1 aliphatic rings. The van der Waals surface area contributed by atoms with Gasteiger partial charge >= 0.3 is 0 Å². The first-order valence-electron chi connectivity index (χ1n) is 9.79. The highest BCUT2D eigenvalue weighted by molar-refractivity contribution is 6.02. The zero-order valence-corrected chi connectivity index (χ0v) is 17.1. The number of carbonyl (C=O) groups excluding carboxylic acids is 2. The lowest BCUT2D eigenvalue weighted by Crippen LogP contribution is -2.37. The van der Waals surface area contributed by atoms with E-state index in [1.165, 1.54) is 6.92 Å². The summed E-state index contributed by atoms with van der Waals surface area (Å²) in [5.41, 5.74) is 3.58. The Hall–Kier alpha value is -2.60. The van der Waals surface area contributed by atoms with Gasteiger partial charge in [-0.15, -0.1) is 0 Å². The van der Waals surface area contributed by atoms with Gasteiger partial charge in [0.05, 0.1) is 13.2 Å². The summed E-state index contributed by atoms with van der Waals surface area (Å²) in [4.78, 5) is 30.2. The minimum atomic E-state index is -0.188. The number of carbonyl (C=O) groups is 2. The normalized spacial score (nSPS) is 15.4. The average Bonchev–Trinajstić information content (AvgIpc) is 3.30. The van der Waals surface area contributed by atoms with Crippen molar-refractivity contribution in [2.45, 2.75) is 39.7 Å². The van der Waals surface area contributed by atoms with Crippen molar-refractivity contribution >= 4 is 11.7 Å². The SMILES string of the molecule is COc1ccccc1C(CNC(=O)c1[nH]c(C)c(C(C)=O)c1C)N1CCCC1. The molecule has 0 saturated carbocycles. The molecule has 1 atom stereocenters. The predicted octanol–water partition coefficient (Wildman–Crippen LogP) is 3.41. The molecular weight excluding hydrogens is 354 g/mol. The summed E-state index contributed by atoms with van der Waals surface area (Å²) in [6, 6.07) is 8.02. The van der Waals surface area contributed by atoms with Crippen LogP contribution in [0.1, 0.15) is 63.5 Å². The van der Waals surface area contributed by atoms with Gasteiger partial charge in [-0.1, -0.05) is 18.2 Å². The van der Waals surface area contributed by atoms with Gasteiger partial charge in [-0.25, -0.2) is 0 Å². The molecule has 1 amide bonds. The molecular formula is C22H29N3O3. The van der Waals surface area contributed by atoms with Crippen LogP contribution in [0.2, 0.25) is 0 Å². The van der Waals surface area contributed by atoms with Crippen LogP contribution in [0.4, 0.5) is 0 Å². The highest BCUT2D eigenvalue weighted by Gasteiger charge is 2.27. The molecule has 2 aromatic rings. The maximum absolute atomic E-state index is 12.9. The fraction of sp³-hybridized carbons (Fsp3) is 0.455. The van der Waals surface area contributed by atoms with E-state index in [-0.39, 0.29) is 17.7 Å². The number of aryl methyl sites for hydroxylation is 1. The molecule has 3 rings (SSSR count). The Morgan fingerprint density at radius 3 is 2.50 bits per heavy atom. The second-order valence-corrected chi connectivity index (χ2v) is 7.39. The van der Waals surface area contributed by atoms with E-state index < -0.39 is 0 Å². The van der Waals surface area contributed by atoms with E-state index in [2.05, 4.69) is 21.3 Å². The molecule has 0 aliphatic carbocycles. The van der Waals surface area contributed by atoms with Crippen LogP contribution in [-0.2, 0) is 0 Å². The Balaban J connectivity index is 1.82. The van der Waals surface area contributed by atoms with Gasteiger partial charge < -0.3 is 15.0 Å². The molecule has 1 unspecified atom stereocenters. The fourth-order valence-electron chi connectivity index (χ4n) is 4.21. The van der Waals surface area contributed by atoms with Gasteiger partial charge in [0.2, 0.25) is 0 Å². The van der Waals surface area contributed by atoms with Crippen molar-refractivity contribution in [1.82, 2.24) is 15.2 Å². The molecule has 0 spiro atoms. The smallest absolute Gasteiger partial charge is 0.268 e. The molecule has 150 valence electrons. The number of methoxy groups -OCH3 is 1. The number of amides is 1. The van der Waals surface area contributed by atoms with Gasteiger partial charge in [0.25, 0.3) is 5.91 Å². The minimum Gasteiger partial charge on any atom is -0.496 e. The van der Waals surface area contributed by atoms with Crippen LogP contribution in [0.5, 0.6) is 5.75 Å². The molecule has 1 saturated heterocycles. The van der Waals surface area contributed by atoms with E-state index in [4.69, 9.17) is 4.74 Å². The number of nitrogens with one attached hydrogen (secondary N) is 2. The summed E-state index contributed by atoms with van der Waals surface area (Å²) >= 11 is 0. The second-order valence-electron chi connectivity index (χ2n) is 7.39. The van der Waals surface area contributed by atoms with Crippen molar-refractivity contribution in [3.05, 3.63) is 52.3 Å². The largest absolute Gasteiger partial charge is 0.496 e. The molecule has 2 heterocycles. The van der Waals surface area contributed by atoms with Crippen molar-refractivity contribution in [2.24, 2.45) is 0 Å². The van der Waals surface area contributed by atoms with Gasteiger partial charge in [0.1, 0.15) is 11.4 Å². The van der Waals surface area contributed by atoms with Crippen molar-refractivity contribution in [3.63, 3.8) is 0 Å². The Labute approximate surface area is 166 Å². The van der Waals surface area contributed by atoms with Crippen LogP contribution in [-0.4, -0.2) is 48.3 Å². The van der Waals surface area contributed by atoms with E-state index >= 15 is 0 Å². The van der Waals surface area contributed by atoms with E-state index in [1.54, 1.807) is 7.11 Å². The van der Waals surface area contributed by atoms with Crippen LogP contribution >= 0.6 is 0 Å². The molecule has 6 heteroatoms. The van der Waals surface area contributed by atoms with E-state index in [1.807, 2.05) is 32.0 Å². The van der Waals surface area contributed by atoms with Gasteiger partial charge in [0.15, 0.2) is 5.78 Å². The number of aromatic amines is 1. The van der Waals surface area contributed by atoms with E-state index in [0.717, 1.165) is 42.9 Å². The van der Waals surface area contributed by atoms with Gasteiger partial charge in [0, 0.05) is 23.4 Å². The number of likely N-dealkylation sites (tertiary alicyclic amines) is 1. The highest BCUT2D eigenvalue weighted by Crippen LogP contribution is 2.31. The predicted molar refractivity (Wildman–Crippen MR) is 109 cm³/mol. The number of aromatic nitrogens is 1. The Morgan fingerprint density at radius 2 is 1.89 bits per heavy atom. The van der Waals surface area contributed by atoms with Crippen LogP contribution < -0.4 is 10.1 Å². The number of H-pyrrole nitrogens is 1. The molecule has 1 aliphatic heterocycles. The summed E-state index contributed by atoms with van der Waals surface area (Å²) in [6.45, 7) is 7.65. The molecule has 0 radical (unpaired) electrons. The average molecular weight is 383 g/mol. The lowest BCUT2D eigenvalue weighted by molar-refractivity contribution is 0.0932. The molecule has 28 heavy (non-hydrogen) atoms. The monoisotopic (exact) mass is 383 g/mol. The van der Waals surface area contributed by atoms with Crippen LogP contribution in [0.3, 0.4) is 0 Å². The van der Waals surface area contributed by atoms with E-state index in [0.29, 0.717) is 23.4 Å². The summed E-state index contributed by atoms with van der Waals surface area (Å²) in [5, 5.41) is 3.07. The molecule has 0 bridgehead atoms. The highest BCUT2D eigenvalue weighted by atomic mass is 16.5. The molecule has 1 fully saturated rings. The van der Waals surface area contributed by atoms with Crippen LogP contribution in [0, 0.1) is 13.8 Å². The zero-order chi connectivity index (χ0) is 20.3. The van der Waals surface area contributed by atoms with Crippen molar-refractivity contribution < 1.29 is 14.3 Å². The summed E-state index contributed by atoms with van der Waals surface area (Å²) in [7, 11) is 1.67. The lowest BCUT2D eigenvalue weighted by atomic mass is 10.0. The first-order chi connectivity index (χ1) is 13.4. The standard InChI is InChI=1S/C22H29N3O3/c1-14-20(16(3)26)15(2)24-21(14)22(27)23-13-18(25-11-7-8-12-25)17-9-5-6-10-19(17)28-4/h5-6,9-10,18,24H,7-8,11-13H2,1-4H3,(H,23,27). The number of rotatable bonds is 7. The number of ketones is 1. The lowest BCUT2D eigenvalue weighted by Gasteiger charge is -2.29. The Bertz CT molecular complexity index is 866. The summed E-state index contributed by atoms with van der Waals surface area (Å²) in [5.74, 6) is 0.612. The fourth-order valence-corrected chi connectivity index (χ4v) is 4.21. The Kier molecular flexibility index (Phi) is 6.19. The molecule has 6 nitrogen and oxygen atoms in total. The van der Waals surface area contributed by atoms with Crippen molar-refractivity contribution in [1.29, 1.82) is 0 Å². The van der Waals surface area contributed by atoms with Gasteiger partial charge in [-0.2, -0.15) is 0 Å². The number of hydrogen-bond acceptors (Lipinski definition) is 4. The quantitative estimate of drug-likeness (QED) is 0.719. The molecule has 1 aromatic carbocycles. The number of para-hydroxylation sites is 1. The third-order valence-corrected chi connectivity index (χ3v) is 5.55. The summed E-state index contributed by atoms with van der Waals surface area (Å²) < 4.78 is 5.56. The third-order valence-electron chi connectivity index (χ3n) is 5.55. The first kappa shape index (κ1) is 20.1. The zero-order valence-electron chi connectivity index (χ0n) is 17.1. The number of benzene rings is 1. The van der Waals surface area contributed by atoms with Gasteiger partial charge in [-0.3, -0.25) is 14.5 Å². The minimum absolute atomic E-state index is 0.0331. The maximum Gasteiger partial charge on any atom is 0.268 e. The van der Waals surface area contributed by atoms with E-state index in [9.17, 15) is 9.59 Å². The topological polar surface area (TPSA) is 74.4 Å². The van der Waals surface area contributed by atoms with Crippen LogP contribution in [0.25, 0.3) is 0 Å². The third kappa shape index (κ3) is 3.97. The molecule has 1 aromatic heterocycles. The maximum atomic E-state index is 12.9. The second kappa shape index (κ2) is 8.61. The molecule has 2 N–H and O–H groups in total. The van der Waals surface area contributed by atoms with Crippen LogP contribution in [0.15, 0.2) is 24.3 Å². The van der Waals surface area contributed by atoms with Crippen molar-refractivity contribution in [2.75, 3.05) is 26.7 Å². The summed E-state index contributed by atoms with van der Waals surface area (Å²) in [6.07, 6.45) is 2.33.